The topological polar surface area (TPSA) is 110 Å². The molecule has 1 saturated carbocycles. The Bertz CT molecular complexity index is 1270. The summed E-state index contributed by atoms with van der Waals surface area (Å²) in [5.74, 6) is -0.0978. The van der Waals surface area contributed by atoms with Crippen LogP contribution < -0.4 is 15.4 Å². The summed E-state index contributed by atoms with van der Waals surface area (Å²) in [6.45, 7) is 6.83. The Balaban J connectivity index is 1.33. The summed E-state index contributed by atoms with van der Waals surface area (Å²) in [5, 5.41) is 21.3. The van der Waals surface area contributed by atoms with Gasteiger partial charge in [0.05, 0.1) is 18.3 Å². The van der Waals surface area contributed by atoms with Gasteiger partial charge in [-0.2, -0.15) is 0 Å². The number of halogens is 1. The Morgan fingerprint density at radius 3 is 2.62 bits per heavy atom. The lowest BCUT2D eigenvalue weighted by Crippen LogP contribution is -2.52. The Labute approximate surface area is 228 Å². The molecule has 1 aliphatic heterocycles. The molecule has 3 N–H and O–H groups in total. The van der Waals surface area contributed by atoms with E-state index in [4.69, 9.17) is 14.2 Å². The number of hydrogen-bond acceptors (Lipinski definition) is 7. The third kappa shape index (κ3) is 6.65. The van der Waals surface area contributed by atoms with Gasteiger partial charge in [-0.15, -0.1) is 0 Å². The highest BCUT2D eigenvalue weighted by molar-refractivity contribution is 5.91. The van der Waals surface area contributed by atoms with Crippen LogP contribution in [0.1, 0.15) is 79.7 Å². The highest BCUT2D eigenvalue weighted by Crippen LogP contribution is 2.48. The Morgan fingerprint density at radius 2 is 1.97 bits per heavy atom. The molecule has 0 bridgehead atoms. The molecule has 0 saturated heterocycles. The van der Waals surface area contributed by atoms with Crippen molar-refractivity contribution in [1.29, 1.82) is 0 Å². The molecule has 1 aliphatic carbocycles. The van der Waals surface area contributed by atoms with E-state index in [0.717, 1.165) is 48.8 Å². The maximum absolute atomic E-state index is 13.5. The van der Waals surface area contributed by atoms with Crippen LogP contribution in [-0.2, 0) is 12.8 Å². The molecule has 3 aromatic rings. The van der Waals surface area contributed by atoms with Gasteiger partial charge in [0.2, 0.25) is 11.6 Å². The maximum Gasteiger partial charge on any atom is 0.290 e. The molecule has 9 heteroatoms. The summed E-state index contributed by atoms with van der Waals surface area (Å²) in [4.78, 5) is 17.5. The molecular weight excluding hydrogens is 499 g/mol. The average Bonchev–Trinajstić information content (AvgIpc) is 3.41. The fraction of sp³-hybridized carbons (Fsp3) is 0.500. The predicted molar refractivity (Wildman–Crippen MR) is 144 cm³/mol. The van der Waals surface area contributed by atoms with Gasteiger partial charge < -0.3 is 25.0 Å². The lowest BCUT2D eigenvalue weighted by Gasteiger charge is -2.47. The van der Waals surface area contributed by atoms with Crippen molar-refractivity contribution in [3.8, 4) is 5.88 Å². The molecule has 0 radical (unpaired) electrons. The van der Waals surface area contributed by atoms with E-state index in [1.807, 2.05) is 6.20 Å². The number of aliphatic hydroxyl groups is 1. The van der Waals surface area contributed by atoms with E-state index in [1.54, 1.807) is 12.1 Å². The van der Waals surface area contributed by atoms with Crippen molar-refractivity contribution < 1.29 is 23.6 Å². The van der Waals surface area contributed by atoms with Crippen LogP contribution in [-0.4, -0.2) is 45.4 Å². The van der Waals surface area contributed by atoms with Gasteiger partial charge in [0, 0.05) is 36.8 Å². The lowest BCUT2D eigenvalue weighted by atomic mass is 9.73. The lowest BCUT2D eigenvalue weighted by molar-refractivity contribution is -0.0421. The fourth-order valence-corrected chi connectivity index (χ4v) is 5.48. The Morgan fingerprint density at radius 1 is 1.21 bits per heavy atom. The van der Waals surface area contributed by atoms with Gasteiger partial charge in [-0.05, 0) is 66.8 Å². The minimum atomic E-state index is -0.934. The van der Waals surface area contributed by atoms with Gasteiger partial charge in [0.15, 0.2) is 0 Å². The number of aromatic nitrogens is 2. The number of fused-ring (bicyclic) bond motifs is 1. The molecule has 0 unspecified atom stereocenters. The molecule has 3 atom stereocenters. The highest BCUT2D eigenvalue weighted by Gasteiger charge is 2.46. The molecule has 1 amide bonds. The first kappa shape index (κ1) is 27.3. The van der Waals surface area contributed by atoms with E-state index in [9.17, 15) is 14.3 Å². The van der Waals surface area contributed by atoms with Crippen molar-refractivity contribution >= 4 is 5.91 Å². The van der Waals surface area contributed by atoms with Gasteiger partial charge in [-0.3, -0.25) is 4.79 Å². The number of carbonyl (C=O) groups excluding carboxylic acids is 1. The molecule has 1 aromatic carbocycles. The quantitative estimate of drug-likeness (QED) is 0.369. The molecule has 3 heterocycles. The van der Waals surface area contributed by atoms with E-state index >= 15 is 0 Å². The summed E-state index contributed by atoms with van der Waals surface area (Å²) in [5.41, 5.74) is 2.84. The molecule has 39 heavy (non-hydrogen) atoms. The van der Waals surface area contributed by atoms with E-state index in [1.165, 1.54) is 24.4 Å². The van der Waals surface area contributed by atoms with Crippen LogP contribution in [0.25, 0.3) is 0 Å². The molecule has 2 aliphatic rings. The number of rotatable bonds is 9. The number of pyridine rings is 1. The predicted octanol–water partition coefficient (Wildman–Crippen LogP) is 4.54. The first-order chi connectivity index (χ1) is 18.6. The summed E-state index contributed by atoms with van der Waals surface area (Å²) in [6.07, 6.45) is 7.46. The summed E-state index contributed by atoms with van der Waals surface area (Å²) in [7, 11) is 0. The monoisotopic (exact) mass is 536 g/mol. The highest BCUT2D eigenvalue weighted by atomic mass is 19.1. The van der Waals surface area contributed by atoms with E-state index in [0.29, 0.717) is 12.3 Å². The summed E-state index contributed by atoms with van der Waals surface area (Å²) < 4.78 is 24.9. The van der Waals surface area contributed by atoms with Crippen LogP contribution in [0.5, 0.6) is 5.88 Å². The molecule has 2 aromatic heterocycles. The number of ether oxygens (including phenoxy) is 1. The normalized spacial score (nSPS) is 19.5. The zero-order chi connectivity index (χ0) is 27.6. The Kier molecular flexibility index (Phi) is 7.73. The second-order valence-corrected chi connectivity index (χ2v) is 12.1. The SMILES string of the molecule is CC(C)(C)Cc1cnc2c(c1)[C@@H](NC[C@H](O)[C@H](Cc1ccc(F)cc1)NC(=O)c1ccno1)CC1(CCC1)O2. The second-order valence-electron chi connectivity index (χ2n) is 12.1. The van der Waals surface area contributed by atoms with E-state index in [-0.39, 0.29) is 35.2 Å². The van der Waals surface area contributed by atoms with Crippen LogP contribution >= 0.6 is 0 Å². The second kappa shape index (κ2) is 11.1. The van der Waals surface area contributed by atoms with Crippen LogP contribution in [0.15, 0.2) is 53.3 Å². The number of hydrogen-bond donors (Lipinski definition) is 3. The molecule has 1 fully saturated rings. The Hall–Kier alpha value is -3.30. The standard InChI is InChI=1S/C30H37FN4O4/c1-29(2,3)15-20-13-22-24(16-30(10-4-11-30)38-28(22)33-17-20)32-18-25(36)23(14-19-5-7-21(31)8-6-19)35-27(37)26-9-12-34-39-26/h5-9,12-13,17,23-25,32,36H,4,10-11,14-16,18H2,1-3H3,(H,35,37)/t23-,24-,25-/m0/s1. The van der Waals surface area contributed by atoms with Gasteiger partial charge in [-0.25, -0.2) is 9.37 Å². The van der Waals surface area contributed by atoms with E-state index < -0.39 is 18.1 Å². The average molecular weight is 537 g/mol. The zero-order valence-corrected chi connectivity index (χ0v) is 22.7. The van der Waals surface area contributed by atoms with Crippen molar-refractivity contribution in [2.45, 2.75) is 83.1 Å². The van der Waals surface area contributed by atoms with Gasteiger partial charge in [0.1, 0.15) is 11.4 Å². The summed E-state index contributed by atoms with van der Waals surface area (Å²) in [6, 6.07) is 8.98. The number of nitrogens with zero attached hydrogens (tertiary/aromatic N) is 2. The molecular formula is C30H37FN4O4. The van der Waals surface area contributed by atoms with Crippen molar-refractivity contribution in [3.05, 3.63) is 77.1 Å². The van der Waals surface area contributed by atoms with Crippen molar-refractivity contribution in [2.75, 3.05) is 6.54 Å². The molecule has 8 nitrogen and oxygen atoms in total. The van der Waals surface area contributed by atoms with Crippen molar-refractivity contribution in [1.82, 2.24) is 20.8 Å². The number of nitrogens with one attached hydrogen (secondary N) is 2. The third-order valence-corrected chi connectivity index (χ3v) is 7.58. The summed E-state index contributed by atoms with van der Waals surface area (Å²) >= 11 is 0. The van der Waals surface area contributed by atoms with Gasteiger partial charge in [0.25, 0.3) is 5.91 Å². The van der Waals surface area contributed by atoms with Crippen LogP contribution in [0.4, 0.5) is 4.39 Å². The smallest absolute Gasteiger partial charge is 0.290 e. The van der Waals surface area contributed by atoms with Crippen molar-refractivity contribution in [2.24, 2.45) is 5.41 Å². The number of amides is 1. The number of carbonyl (C=O) groups is 1. The number of aliphatic hydroxyl groups excluding tert-OH is 1. The largest absolute Gasteiger partial charge is 0.471 e. The van der Waals surface area contributed by atoms with Gasteiger partial charge in [-0.1, -0.05) is 38.1 Å². The minimum absolute atomic E-state index is 0.0486. The van der Waals surface area contributed by atoms with Crippen LogP contribution in [0, 0.1) is 11.2 Å². The fourth-order valence-electron chi connectivity index (χ4n) is 5.48. The van der Waals surface area contributed by atoms with E-state index in [2.05, 4.69) is 42.6 Å². The third-order valence-electron chi connectivity index (χ3n) is 7.58. The first-order valence-corrected chi connectivity index (χ1v) is 13.6. The molecule has 208 valence electrons. The van der Waals surface area contributed by atoms with Crippen LogP contribution in [0.2, 0.25) is 0 Å². The van der Waals surface area contributed by atoms with Gasteiger partial charge >= 0.3 is 0 Å². The minimum Gasteiger partial charge on any atom is -0.471 e. The maximum atomic E-state index is 13.5. The molecule has 5 rings (SSSR count). The first-order valence-electron chi connectivity index (χ1n) is 13.6. The number of benzene rings is 1. The molecule has 1 spiro atoms. The zero-order valence-electron chi connectivity index (χ0n) is 22.7. The van der Waals surface area contributed by atoms with Crippen LogP contribution in [0.3, 0.4) is 0 Å². The van der Waals surface area contributed by atoms with Crippen molar-refractivity contribution in [3.63, 3.8) is 0 Å².